The Labute approximate surface area is 170 Å². The van der Waals surface area contributed by atoms with E-state index < -0.39 is 0 Å². The topological polar surface area (TPSA) is 57.6 Å². The molecule has 1 aliphatic heterocycles. The largest absolute Gasteiger partial charge is 0.369 e. The molecule has 0 saturated carbocycles. The van der Waals surface area contributed by atoms with Gasteiger partial charge in [0.1, 0.15) is 0 Å². The summed E-state index contributed by atoms with van der Waals surface area (Å²) >= 11 is 1.19. The van der Waals surface area contributed by atoms with E-state index in [-0.39, 0.29) is 10.8 Å². The van der Waals surface area contributed by atoms with E-state index in [4.69, 9.17) is 0 Å². The second-order valence-electron chi connectivity index (χ2n) is 7.42. The highest BCUT2D eigenvalue weighted by Crippen LogP contribution is 2.17. The van der Waals surface area contributed by atoms with Crippen LogP contribution in [0.4, 0.5) is 5.69 Å². The molecule has 1 amide bonds. The van der Waals surface area contributed by atoms with Crippen molar-refractivity contribution in [3.63, 3.8) is 0 Å². The molecule has 2 aromatic rings. The normalized spacial score (nSPS) is 15.0. The maximum atomic E-state index is 12.0. The van der Waals surface area contributed by atoms with Crippen LogP contribution in [0.25, 0.3) is 0 Å². The van der Waals surface area contributed by atoms with Gasteiger partial charge in [-0.3, -0.25) is 14.5 Å². The minimum atomic E-state index is 0.00936. The van der Waals surface area contributed by atoms with Gasteiger partial charge in [0.2, 0.25) is 5.91 Å². The van der Waals surface area contributed by atoms with Crippen molar-refractivity contribution in [2.24, 2.45) is 0 Å². The summed E-state index contributed by atoms with van der Waals surface area (Å²) in [4.78, 5) is 28.6. The molecule has 28 heavy (non-hydrogen) atoms. The summed E-state index contributed by atoms with van der Waals surface area (Å²) in [5, 5.41) is 4.81. The zero-order valence-corrected chi connectivity index (χ0v) is 17.6. The summed E-state index contributed by atoms with van der Waals surface area (Å²) in [6.07, 6.45) is 1.31. The summed E-state index contributed by atoms with van der Waals surface area (Å²) in [5.41, 5.74) is 3.54. The van der Waals surface area contributed by atoms with Crippen LogP contribution < -0.4 is 15.1 Å². The number of thiazole rings is 1. The van der Waals surface area contributed by atoms with Crippen molar-refractivity contribution >= 4 is 22.9 Å². The van der Waals surface area contributed by atoms with Gasteiger partial charge in [0.15, 0.2) is 0 Å². The van der Waals surface area contributed by atoms with Crippen molar-refractivity contribution in [3.05, 3.63) is 50.6 Å². The summed E-state index contributed by atoms with van der Waals surface area (Å²) in [6.45, 7) is 10.4. The molecule has 1 fully saturated rings. The third-order valence-electron chi connectivity index (χ3n) is 5.25. The Morgan fingerprint density at radius 1 is 1.14 bits per heavy atom. The van der Waals surface area contributed by atoms with Crippen LogP contribution in [0, 0.1) is 13.8 Å². The van der Waals surface area contributed by atoms with Crippen molar-refractivity contribution in [3.8, 4) is 0 Å². The molecular formula is C21H30N4O2S. The fourth-order valence-corrected chi connectivity index (χ4v) is 4.32. The first-order valence-corrected chi connectivity index (χ1v) is 10.9. The first kappa shape index (κ1) is 20.6. The summed E-state index contributed by atoms with van der Waals surface area (Å²) in [7, 11) is 0. The van der Waals surface area contributed by atoms with Gasteiger partial charge >= 0.3 is 4.87 Å². The first-order valence-electron chi connectivity index (χ1n) is 9.98. The zero-order chi connectivity index (χ0) is 19.9. The maximum absolute atomic E-state index is 12.0. The van der Waals surface area contributed by atoms with Crippen molar-refractivity contribution in [1.82, 2.24) is 14.8 Å². The maximum Gasteiger partial charge on any atom is 0.307 e. The number of carbonyl (C=O) groups is 1. The summed E-state index contributed by atoms with van der Waals surface area (Å²) in [5.74, 6) is 0.0155. The van der Waals surface area contributed by atoms with Gasteiger partial charge < -0.3 is 14.8 Å². The van der Waals surface area contributed by atoms with E-state index in [1.807, 2.05) is 12.3 Å². The van der Waals surface area contributed by atoms with E-state index in [1.54, 1.807) is 4.57 Å². The summed E-state index contributed by atoms with van der Waals surface area (Å²) < 4.78 is 1.66. The van der Waals surface area contributed by atoms with Crippen LogP contribution in [0.2, 0.25) is 0 Å². The number of rotatable bonds is 8. The number of amides is 1. The van der Waals surface area contributed by atoms with Crippen LogP contribution in [0.15, 0.2) is 34.4 Å². The van der Waals surface area contributed by atoms with Gasteiger partial charge in [0.25, 0.3) is 0 Å². The van der Waals surface area contributed by atoms with Crippen LogP contribution in [0.1, 0.15) is 24.1 Å². The number of nitrogens with zero attached hydrogens (tertiary/aromatic N) is 3. The molecular weight excluding hydrogens is 372 g/mol. The molecule has 1 aliphatic rings. The van der Waals surface area contributed by atoms with Crippen LogP contribution in [-0.2, 0) is 11.3 Å². The Balaban J connectivity index is 1.30. The van der Waals surface area contributed by atoms with Crippen molar-refractivity contribution < 1.29 is 4.79 Å². The minimum absolute atomic E-state index is 0.00936. The lowest BCUT2D eigenvalue weighted by molar-refractivity contribution is -0.121. The van der Waals surface area contributed by atoms with E-state index >= 15 is 0 Å². The van der Waals surface area contributed by atoms with E-state index in [2.05, 4.69) is 46.3 Å². The molecule has 0 atom stereocenters. The van der Waals surface area contributed by atoms with E-state index in [9.17, 15) is 9.59 Å². The molecule has 1 N–H and O–H groups in total. The van der Waals surface area contributed by atoms with Gasteiger partial charge in [-0.2, -0.15) is 0 Å². The molecule has 0 bridgehead atoms. The second kappa shape index (κ2) is 9.89. The molecule has 1 aromatic carbocycles. The number of anilines is 1. The molecule has 3 rings (SSSR count). The fourth-order valence-electron chi connectivity index (χ4n) is 3.56. The predicted molar refractivity (Wildman–Crippen MR) is 115 cm³/mol. The third-order valence-corrected chi connectivity index (χ3v) is 6.13. The van der Waals surface area contributed by atoms with Gasteiger partial charge in [0, 0.05) is 62.5 Å². The Kier molecular flexibility index (Phi) is 7.28. The van der Waals surface area contributed by atoms with Crippen LogP contribution in [0.5, 0.6) is 0 Å². The van der Waals surface area contributed by atoms with Gasteiger partial charge in [0.05, 0.1) is 0 Å². The molecule has 2 heterocycles. The van der Waals surface area contributed by atoms with Gasteiger partial charge in [-0.15, -0.1) is 0 Å². The van der Waals surface area contributed by atoms with Crippen molar-refractivity contribution in [1.29, 1.82) is 0 Å². The van der Waals surface area contributed by atoms with E-state index in [0.717, 1.165) is 44.8 Å². The van der Waals surface area contributed by atoms with Crippen molar-refractivity contribution in [2.75, 3.05) is 44.2 Å². The fraction of sp³-hybridized carbons (Fsp3) is 0.524. The highest BCUT2D eigenvalue weighted by molar-refractivity contribution is 7.07. The van der Waals surface area contributed by atoms with Gasteiger partial charge in [-0.25, -0.2) is 0 Å². The minimum Gasteiger partial charge on any atom is -0.369 e. The number of hydrogen-bond acceptors (Lipinski definition) is 5. The third kappa shape index (κ3) is 5.69. The number of carbonyl (C=O) groups excluding carboxylic acids is 1. The number of benzene rings is 1. The number of aromatic nitrogens is 1. The van der Waals surface area contributed by atoms with E-state index in [1.165, 1.54) is 22.6 Å². The Hall–Kier alpha value is -2.12. The molecule has 0 unspecified atom stereocenters. The zero-order valence-electron chi connectivity index (χ0n) is 16.8. The van der Waals surface area contributed by atoms with Gasteiger partial charge in [-0.05, 0) is 44.5 Å². The number of nitrogens with one attached hydrogen (secondary N) is 1. The Morgan fingerprint density at radius 3 is 2.61 bits per heavy atom. The molecule has 7 heteroatoms. The standard InChI is InChI=1S/C21H30N4O2S/c1-17-5-3-6-19(15-17)24-13-11-23(12-14-24)9-4-8-22-20(26)7-10-25-18(2)16-28-21(25)27/h3,5-6,15-16H,4,7-14H2,1-2H3,(H,22,26). The highest BCUT2D eigenvalue weighted by atomic mass is 32.1. The Bertz CT molecular complexity index is 837. The molecule has 0 radical (unpaired) electrons. The van der Waals surface area contributed by atoms with Crippen LogP contribution >= 0.6 is 11.3 Å². The average molecular weight is 403 g/mol. The smallest absolute Gasteiger partial charge is 0.307 e. The molecule has 0 spiro atoms. The molecule has 6 nitrogen and oxygen atoms in total. The van der Waals surface area contributed by atoms with Crippen LogP contribution in [0.3, 0.4) is 0 Å². The Morgan fingerprint density at radius 2 is 1.93 bits per heavy atom. The lowest BCUT2D eigenvalue weighted by Crippen LogP contribution is -2.47. The predicted octanol–water partition coefficient (Wildman–Crippen LogP) is 2.25. The number of piperazine rings is 1. The lowest BCUT2D eigenvalue weighted by Gasteiger charge is -2.36. The first-order chi connectivity index (χ1) is 13.5. The molecule has 152 valence electrons. The van der Waals surface area contributed by atoms with Gasteiger partial charge in [-0.1, -0.05) is 23.5 Å². The molecule has 1 aromatic heterocycles. The monoisotopic (exact) mass is 402 g/mol. The van der Waals surface area contributed by atoms with Crippen molar-refractivity contribution in [2.45, 2.75) is 33.2 Å². The number of hydrogen-bond donors (Lipinski definition) is 1. The molecule has 1 saturated heterocycles. The quantitative estimate of drug-likeness (QED) is 0.688. The lowest BCUT2D eigenvalue weighted by atomic mass is 10.2. The van der Waals surface area contributed by atoms with E-state index in [0.29, 0.717) is 19.5 Å². The number of aryl methyl sites for hydroxylation is 2. The second-order valence-corrected chi connectivity index (χ2v) is 8.24. The average Bonchev–Trinajstić information content (AvgIpc) is 3.02. The summed E-state index contributed by atoms with van der Waals surface area (Å²) in [6, 6.07) is 8.68. The highest BCUT2D eigenvalue weighted by Gasteiger charge is 2.16. The SMILES string of the molecule is Cc1cccc(N2CCN(CCCNC(=O)CCn3c(C)csc3=O)CC2)c1. The molecule has 0 aliphatic carbocycles. The van der Waals surface area contributed by atoms with Crippen LogP contribution in [-0.4, -0.2) is 54.6 Å².